The van der Waals surface area contributed by atoms with Gasteiger partial charge in [-0.2, -0.15) is 0 Å². The molecule has 5 N–H and O–H groups in total. The molecular weight excluding hydrogens is 132 g/mol. The van der Waals surface area contributed by atoms with E-state index in [1.807, 2.05) is 13.8 Å². The van der Waals surface area contributed by atoms with Crippen molar-refractivity contribution >= 4 is 5.97 Å². The Balaban J connectivity index is 3.94. The molecule has 0 aromatic rings. The Labute approximate surface area is 60.2 Å². The fourth-order valence-electron chi connectivity index (χ4n) is 0.579. The fraction of sp³-hybridized carbons (Fsp3) is 0.833. The van der Waals surface area contributed by atoms with Crippen molar-refractivity contribution in [2.75, 3.05) is 0 Å². The minimum Gasteiger partial charge on any atom is -0.480 e. The summed E-state index contributed by atoms with van der Waals surface area (Å²) in [6.45, 7) is 3.68. The van der Waals surface area contributed by atoms with Gasteiger partial charge in [-0.05, 0) is 5.92 Å². The fourth-order valence-corrected chi connectivity index (χ4v) is 0.579. The predicted molar refractivity (Wildman–Crippen MR) is 38.4 cm³/mol. The first kappa shape index (κ1) is 9.39. The van der Waals surface area contributed by atoms with Gasteiger partial charge in [0.05, 0.1) is 0 Å². The Morgan fingerprint density at radius 1 is 1.40 bits per heavy atom. The van der Waals surface area contributed by atoms with E-state index in [-0.39, 0.29) is 5.92 Å². The summed E-state index contributed by atoms with van der Waals surface area (Å²) >= 11 is 0. The molecule has 0 aromatic heterocycles. The van der Waals surface area contributed by atoms with Crippen LogP contribution in [-0.4, -0.2) is 23.2 Å². The van der Waals surface area contributed by atoms with E-state index in [0.717, 1.165) is 0 Å². The summed E-state index contributed by atoms with van der Waals surface area (Å²) in [6, 6.07) is -1.41. The van der Waals surface area contributed by atoms with E-state index in [1.165, 1.54) is 0 Å². The molecular formula is C6H14N2O2. The third kappa shape index (κ3) is 2.33. The van der Waals surface area contributed by atoms with Gasteiger partial charge in [-0.25, -0.2) is 0 Å². The van der Waals surface area contributed by atoms with Crippen molar-refractivity contribution in [2.45, 2.75) is 25.9 Å². The van der Waals surface area contributed by atoms with Crippen molar-refractivity contribution in [1.82, 2.24) is 0 Å². The van der Waals surface area contributed by atoms with Crippen molar-refractivity contribution < 1.29 is 9.90 Å². The van der Waals surface area contributed by atoms with Crippen LogP contribution in [0.25, 0.3) is 0 Å². The van der Waals surface area contributed by atoms with Gasteiger partial charge in [-0.15, -0.1) is 0 Å². The van der Waals surface area contributed by atoms with Crippen molar-refractivity contribution in [1.29, 1.82) is 0 Å². The third-order valence-electron chi connectivity index (χ3n) is 1.47. The van der Waals surface area contributed by atoms with Crippen molar-refractivity contribution in [3.8, 4) is 0 Å². The van der Waals surface area contributed by atoms with Crippen LogP contribution in [-0.2, 0) is 4.79 Å². The average molecular weight is 146 g/mol. The lowest BCUT2D eigenvalue weighted by molar-refractivity contribution is -0.139. The highest BCUT2D eigenvalue weighted by Crippen LogP contribution is 2.01. The SMILES string of the molecule is CC(C)C(N)C(N)C(=O)O. The van der Waals surface area contributed by atoms with Gasteiger partial charge in [0.2, 0.25) is 0 Å². The summed E-state index contributed by atoms with van der Waals surface area (Å²) in [4.78, 5) is 10.2. The molecule has 0 fully saturated rings. The van der Waals surface area contributed by atoms with Crippen LogP contribution in [0.5, 0.6) is 0 Å². The number of rotatable bonds is 3. The molecule has 2 atom stereocenters. The molecule has 0 saturated heterocycles. The Morgan fingerprint density at radius 2 is 1.80 bits per heavy atom. The van der Waals surface area contributed by atoms with Crippen LogP contribution in [0, 0.1) is 5.92 Å². The van der Waals surface area contributed by atoms with Crippen molar-refractivity contribution in [3.05, 3.63) is 0 Å². The smallest absolute Gasteiger partial charge is 0.322 e. The molecule has 60 valence electrons. The lowest BCUT2D eigenvalue weighted by atomic mass is 9.98. The van der Waals surface area contributed by atoms with Crippen LogP contribution in [0.3, 0.4) is 0 Å². The van der Waals surface area contributed by atoms with Gasteiger partial charge in [-0.3, -0.25) is 4.79 Å². The van der Waals surface area contributed by atoms with E-state index < -0.39 is 18.1 Å². The number of carboxylic acid groups (broad SMARTS) is 1. The average Bonchev–Trinajstić information content (AvgIpc) is 1.84. The van der Waals surface area contributed by atoms with Gasteiger partial charge >= 0.3 is 5.97 Å². The first-order valence-corrected chi connectivity index (χ1v) is 3.20. The highest BCUT2D eigenvalue weighted by atomic mass is 16.4. The molecule has 0 aliphatic carbocycles. The number of carbonyl (C=O) groups is 1. The lowest BCUT2D eigenvalue weighted by Crippen LogP contribution is -2.49. The van der Waals surface area contributed by atoms with E-state index in [0.29, 0.717) is 0 Å². The molecule has 0 amide bonds. The van der Waals surface area contributed by atoms with Crippen LogP contribution in [0.4, 0.5) is 0 Å². The summed E-state index contributed by atoms with van der Waals surface area (Å²) < 4.78 is 0. The Morgan fingerprint density at radius 3 is 1.90 bits per heavy atom. The molecule has 0 rings (SSSR count). The van der Waals surface area contributed by atoms with Gasteiger partial charge < -0.3 is 16.6 Å². The first-order chi connectivity index (χ1) is 4.46. The van der Waals surface area contributed by atoms with Crippen molar-refractivity contribution in [3.63, 3.8) is 0 Å². The van der Waals surface area contributed by atoms with Gasteiger partial charge in [0, 0.05) is 6.04 Å². The maximum absolute atomic E-state index is 10.2. The van der Waals surface area contributed by atoms with E-state index in [4.69, 9.17) is 16.6 Å². The predicted octanol–water partition coefficient (Wildman–Crippen LogP) is -0.618. The second-order valence-corrected chi connectivity index (χ2v) is 2.69. The summed E-state index contributed by atoms with van der Waals surface area (Å²) in [5.74, 6) is -0.938. The minimum absolute atomic E-state index is 0.103. The van der Waals surface area contributed by atoms with E-state index >= 15 is 0 Å². The van der Waals surface area contributed by atoms with Gasteiger partial charge in [-0.1, -0.05) is 13.8 Å². The zero-order valence-electron chi connectivity index (χ0n) is 6.24. The number of hydrogen-bond acceptors (Lipinski definition) is 3. The van der Waals surface area contributed by atoms with Crippen LogP contribution in [0.1, 0.15) is 13.8 Å². The number of nitrogens with two attached hydrogens (primary N) is 2. The number of aliphatic carboxylic acids is 1. The summed E-state index contributed by atoms with van der Waals surface area (Å²) in [7, 11) is 0. The quantitative estimate of drug-likeness (QED) is 0.495. The molecule has 0 heterocycles. The lowest BCUT2D eigenvalue weighted by Gasteiger charge is -2.18. The molecule has 4 nitrogen and oxygen atoms in total. The number of carboxylic acids is 1. The molecule has 0 spiro atoms. The molecule has 0 radical (unpaired) electrons. The first-order valence-electron chi connectivity index (χ1n) is 3.20. The Bertz CT molecular complexity index is 125. The topological polar surface area (TPSA) is 89.3 Å². The third-order valence-corrected chi connectivity index (χ3v) is 1.47. The second-order valence-electron chi connectivity index (χ2n) is 2.69. The molecule has 10 heavy (non-hydrogen) atoms. The summed E-state index contributed by atoms with van der Waals surface area (Å²) in [5.41, 5.74) is 10.7. The maximum atomic E-state index is 10.2. The number of hydrogen-bond donors (Lipinski definition) is 3. The van der Waals surface area contributed by atoms with Gasteiger partial charge in [0.15, 0.2) is 0 Å². The minimum atomic E-state index is -1.04. The molecule has 4 heteroatoms. The monoisotopic (exact) mass is 146 g/mol. The van der Waals surface area contributed by atoms with Crippen molar-refractivity contribution in [2.24, 2.45) is 17.4 Å². The van der Waals surface area contributed by atoms with E-state index in [2.05, 4.69) is 0 Å². The van der Waals surface area contributed by atoms with E-state index in [1.54, 1.807) is 0 Å². The Kier molecular flexibility index (Phi) is 3.32. The van der Waals surface area contributed by atoms with Crippen LogP contribution >= 0.6 is 0 Å². The van der Waals surface area contributed by atoms with Gasteiger partial charge in [0.25, 0.3) is 0 Å². The molecule has 0 saturated carbocycles. The summed E-state index contributed by atoms with van der Waals surface area (Å²) in [6.07, 6.45) is 0. The molecule has 0 aliphatic heterocycles. The molecule has 0 bridgehead atoms. The zero-order chi connectivity index (χ0) is 8.31. The van der Waals surface area contributed by atoms with Crippen LogP contribution < -0.4 is 11.5 Å². The Hall–Kier alpha value is -0.610. The normalized spacial score (nSPS) is 16.9. The van der Waals surface area contributed by atoms with E-state index in [9.17, 15) is 4.79 Å². The van der Waals surface area contributed by atoms with Crippen LogP contribution in [0.15, 0.2) is 0 Å². The maximum Gasteiger partial charge on any atom is 0.322 e. The molecule has 0 aromatic carbocycles. The zero-order valence-corrected chi connectivity index (χ0v) is 6.24. The van der Waals surface area contributed by atoms with Crippen LogP contribution in [0.2, 0.25) is 0 Å². The second kappa shape index (κ2) is 3.53. The standard InChI is InChI=1S/C6H14N2O2/c1-3(2)4(7)5(8)6(9)10/h3-5H,7-8H2,1-2H3,(H,9,10). The highest BCUT2D eigenvalue weighted by Gasteiger charge is 2.22. The highest BCUT2D eigenvalue weighted by molar-refractivity contribution is 5.74. The molecule has 0 aliphatic rings. The molecule has 2 unspecified atom stereocenters. The van der Waals surface area contributed by atoms with Gasteiger partial charge in [0.1, 0.15) is 6.04 Å². The summed E-state index contributed by atoms with van der Waals surface area (Å²) in [5, 5.41) is 8.40. The largest absolute Gasteiger partial charge is 0.480 e.